The van der Waals surface area contributed by atoms with Crippen LogP contribution in [-0.4, -0.2) is 23.3 Å². The van der Waals surface area contributed by atoms with Gasteiger partial charge in [-0.3, -0.25) is 9.59 Å². The second-order valence-corrected chi connectivity index (χ2v) is 5.05. The number of anilines is 1. The average Bonchev–Trinajstić information content (AvgIpc) is 2.53. The summed E-state index contributed by atoms with van der Waals surface area (Å²) in [6.45, 7) is 4.71. The van der Waals surface area contributed by atoms with E-state index in [1.807, 2.05) is 49.4 Å². The average molecular weight is 296 g/mol. The number of hydrogen-bond donors (Lipinski definition) is 1. The minimum atomic E-state index is -0.142. The van der Waals surface area contributed by atoms with Crippen LogP contribution >= 0.6 is 0 Å². The number of amides is 2. The first-order valence-corrected chi connectivity index (χ1v) is 7.31. The molecule has 0 bridgehead atoms. The van der Waals surface area contributed by atoms with Crippen LogP contribution in [0.3, 0.4) is 0 Å². The number of carbonyl (C=O) groups excluding carboxylic acids is 2. The van der Waals surface area contributed by atoms with Crippen LogP contribution in [0.1, 0.15) is 29.8 Å². The molecule has 2 aromatic carbocycles. The monoisotopic (exact) mass is 296 g/mol. The fraction of sp³-hybridized carbons (Fsp3) is 0.222. The molecule has 0 heterocycles. The SMILES string of the molecule is CCN(Cc1cccc(NC(=O)c2ccccc2)c1)C(C)=O. The summed E-state index contributed by atoms with van der Waals surface area (Å²) in [5, 5.41) is 2.88. The van der Waals surface area contributed by atoms with Crippen LogP contribution in [0.4, 0.5) is 5.69 Å². The maximum atomic E-state index is 12.1. The van der Waals surface area contributed by atoms with Crippen molar-refractivity contribution in [1.29, 1.82) is 0 Å². The Kier molecular flexibility index (Phi) is 5.31. The van der Waals surface area contributed by atoms with Crippen molar-refractivity contribution in [3.8, 4) is 0 Å². The molecule has 0 aromatic heterocycles. The summed E-state index contributed by atoms with van der Waals surface area (Å²) in [7, 11) is 0. The van der Waals surface area contributed by atoms with Gasteiger partial charge in [0.15, 0.2) is 0 Å². The van der Waals surface area contributed by atoms with Crippen molar-refractivity contribution in [3.63, 3.8) is 0 Å². The molecule has 1 N–H and O–H groups in total. The van der Waals surface area contributed by atoms with Gasteiger partial charge in [-0.1, -0.05) is 30.3 Å². The standard InChI is InChI=1S/C18H20N2O2/c1-3-20(14(2)21)13-15-8-7-11-17(12-15)19-18(22)16-9-5-4-6-10-16/h4-12H,3,13H2,1-2H3,(H,19,22). The molecule has 4 nitrogen and oxygen atoms in total. The van der Waals surface area contributed by atoms with Gasteiger partial charge in [-0.05, 0) is 36.8 Å². The normalized spacial score (nSPS) is 10.1. The Morgan fingerprint density at radius 2 is 1.77 bits per heavy atom. The molecule has 22 heavy (non-hydrogen) atoms. The van der Waals surface area contributed by atoms with Crippen molar-refractivity contribution >= 4 is 17.5 Å². The van der Waals surface area contributed by atoms with Crippen molar-refractivity contribution in [2.75, 3.05) is 11.9 Å². The molecular weight excluding hydrogens is 276 g/mol. The Bertz CT molecular complexity index is 653. The summed E-state index contributed by atoms with van der Waals surface area (Å²) in [5.74, 6) is -0.0992. The highest BCUT2D eigenvalue weighted by Crippen LogP contribution is 2.14. The Morgan fingerprint density at radius 3 is 2.41 bits per heavy atom. The smallest absolute Gasteiger partial charge is 0.255 e. The lowest BCUT2D eigenvalue weighted by Crippen LogP contribution is -2.27. The first-order chi connectivity index (χ1) is 10.6. The summed E-state index contributed by atoms with van der Waals surface area (Å²) in [6.07, 6.45) is 0. The van der Waals surface area contributed by atoms with Crippen molar-refractivity contribution in [2.24, 2.45) is 0 Å². The molecule has 0 unspecified atom stereocenters. The van der Waals surface area contributed by atoms with Crippen LogP contribution in [0.5, 0.6) is 0 Å². The highest BCUT2D eigenvalue weighted by atomic mass is 16.2. The molecule has 0 aliphatic carbocycles. The van der Waals surface area contributed by atoms with E-state index in [4.69, 9.17) is 0 Å². The van der Waals surface area contributed by atoms with E-state index < -0.39 is 0 Å². The number of rotatable bonds is 5. The van der Waals surface area contributed by atoms with Crippen LogP contribution in [0.25, 0.3) is 0 Å². The van der Waals surface area contributed by atoms with Gasteiger partial charge in [0.05, 0.1) is 0 Å². The van der Waals surface area contributed by atoms with Crippen molar-refractivity contribution < 1.29 is 9.59 Å². The summed E-state index contributed by atoms with van der Waals surface area (Å²) in [4.78, 5) is 25.4. The molecule has 2 aromatic rings. The molecule has 0 saturated carbocycles. The largest absolute Gasteiger partial charge is 0.339 e. The minimum absolute atomic E-state index is 0.0428. The van der Waals surface area contributed by atoms with E-state index in [9.17, 15) is 9.59 Å². The van der Waals surface area contributed by atoms with Crippen molar-refractivity contribution in [2.45, 2.75) is 20.4 Å². The van der Waals surface area contributed by atoms with E-state index in [2.05, 4.69) is 5.32 Å². The van der Waals surface area contributed by atoms with Gasteiger partial charge < -0.3 is 10.2 Å². The van der Waals surface area contributed by atoms with E-state index in [1.54, 1.807) is 24.0 Å². The number of benzene rings is 2. The van der Waals surface area contributed by atoms with Gasteiger partial charge in [-0.2, -0.15) is 0 Å². The number of hydrogen-bond acceptors (Lipinski definition) is 2. The molecule has 0 radical (unpaired) electrons. The zero-order chi connectivity index (χ0) is 15.9. The maximum Gasteiger partial charge on any atom is 0.255 e. The van der Waals surface area contributed by atoms with Gasteiger partial charge in [-0.25, -0.2) is 0 Å². The Balaban J connectivity index is 2.08. The molecule has 2 rings (SSSR count). The molecule has 0 fully saturated rings. The number of carbonyl (C=O) groups is 2. The zero-order valence-electron chi connectivity index (χ0n) is 12.9. The van der Waals surface area contributed by atoms with Crippen LogP contribution in [0, 0.1) is 0 Å². The predicted octanol–water partition coefficient (Wildman–Crippen LogP) is 3.31. The van der Waals surface area contributed by atoms with Crippen molar-refractivity contribution in [3.05, 3.63) is 65.7 Å². The van der Waals surface area contributed by atoms with Crippen LogP contribution < -0.4 is 5.32 Å². The summed E-state index contributed by atoms with van der Waals surface area (Å²) < 4.78 is 0. The third-order valence-electron chi connectivity index (χ3n) is 3.42. The lowest BCUT2D eigenvalue weighted by Gasteiger charge is -2.19. The highest BCUT2D eigenvalue weighted by molar-refractivity contribution is 6.04. The van der Waals surface area contributed by atoms with Gasteiger partial charge in [0.1, 0.15) is 0 Å². The topological polar surface area (TPSA) is 49.4 Å². The fourth-order valence-electron chi connectivity index (χ4n) is 2.21. The van der Waals surface area contributed by atoms with Gasteiger partial charge in [0, 0.05) is 31.3 Å². The number of nitrogens with one attached hydrogen (secondary N) is 1. The molecule has 0 aliphatic heterocycles. The van der Waals surface area contributed by atoms with E-state index >= 15 is 0 Å². The number of nitrogens with zero attached hydrogens (tertiary/aromatic N) is 1. The van der Waals surface area contributed by atoms with E-state index in [1.165, 1.54) is 0 Å². The Labute approximate surface area is 130 Å². The molecule has 114 valence electrons. The lowest BCUT2D eigenvalue weighted by atomic mass is 10.1. The van der Waals surface area contributed by atoms with Crippen molar-refractivity contribution in [1.82, 2.24) is 4.90 Å². The molecular formula is C18H20N2O2. The Hall–Kier alpha value is -2.62. The molecule has 4 heteroatoms. The van der Waals surface area contributed by atoms with Crippen LogP contribution in [-0.2, 0) is 11.3 Å². The predicted molar refractivity (Wildman–Crippen MR) is 87.6 cm³/mol. The summed E-state index contributed by atoms with van der Waals surface area (Å²) in [6, 6.07) is 16.6. The maximum absolute atomic E-state index is 12.1. The second kappa shape index (κ2) is 7.41. The molecule has 0 spiro atoms. The van der Waals surface area contributed by atoms with E-state index in [0.717, 1.165) is 11.3 Å². The molecule has 0 atom stereocenters. The van der Waals surface area contributed by atoms with Gasteiger partial charge in [0.2, 0.25) is 5.91 Å². The molecule has 0 saturated heterocycles. The quantitative estimate of drug-likeness (QED) is 0.920. The highest BCUT2D eigenvalue weighted by Gasteiger charge is 2.09. The minimum Gasteiger partial charge on any atom is -0.339 e. The van der Waals surface area contributed by atoms with E-state index in [0.29, 0.717) is 18.7 Å². The summed E-state index contributed by atoms with van der Waals surface area (Å²) >= 11 is 0. The second-order valence-electron chi connectivity index (χ2n) is 5.05. The van der Waals surface area contributed by atoms with Gasteiger partial charge in [-0.15, -0.1) is 0 Å². The third kappa shape index (κ3) is 4.19. The summed E-state index contributed by atoms with van der Waals surface area (Å²) in [5.41, 5.74) is 2.33. The fourth-order valence-corrected chi connectivity index (χ4v) is 2.21. The Morgan fingerprint density at radius 1 is 1.05 bits per heavy atom. The van der Waals surface area contributed by atoms with Gasteiger partial charge in [0.25, 0.3) is 5.91 Å². The first-order valence-electron chi connectivity index (χ1n) is 7.31. The van der Waals surface area contributed by atoms with Crippen LogP contribution in [0.15, 0.2) is 54.6 Å². The first kappa shape index (κ1) is 15.8. The lowest BCUT2D eigenvalue weighted by molar-refractivity contribution is -0.129. The molecule has 2 amide bonds. The zero-order valence-corrected chi connectivity index (χ0v) is 12.9. The third-order valence-corrected chi connectivity index (χ3v) is 3.42. The molecule has 0 aliphatic rings. The van der Waals surface area contributed by atoms with E-state index in [-0.39, 0.29) is 11.8 Å². The van der Waals surface area contributed by atoms with Gasteiger partial charge >= 0.3 is 0 Å². The van der Waals surface area contributed by atoms with Crippen LogP contribution in [0.2, 0.25) is 0 Å².